The number of halogens is 1. The third-order valence-corrected chi connectivity index (χ3v) is 2.00. The zero-order chi connectivity index (χ0) is 9.56. The monoisotopic (exact) mass is 188 g/mol. The number of hydrogen-bond donors (Lipinski definition) is 2. The summed E-state index contributed by atoms with van der Waals surface area (Å²) in [4.78, 5) is 0. The van der Waals surface area contributed by atoms with Gasteiger partial charge in [0.2, 0.25) is 0 Å². The Hall–Kier alpha value is -0.590. The molecule has 2 N–H and O–H groups in total. The molecule has 0 aliphatic carbocycles. The van der Waals surface area contributed by atoms with Gasteiger partial charge < -0.3 is 10.5 Å². The standard InChI is InChI=1S/C8H13ClN2O/c1-2-6(5-12)8(11)3-7(9)4-10/h6-7,11-12H,2-3,5H2,1H3. The first-order valence-electron chi connectivity index (χ1n) is 3.87. The summed E-state index contributed by atoms with van der Waals surface area (Å²) >= 11 is 5.53. The van der Waals surface area contributed by atoms with Crippen molar-refractivity contribution >= 4 is 17.3 Å². The summed E-state index contributed by atoms with van der Waals surface area (Å²) < 4.78 is 0. The Balaban J connectivity index is 3.94. The van der Waals surface area contributed by atoms with Crippen LogP contribution >= 0.6 is 11.6 Å². The zero-order valence-corrected chi connectivity index (χ0v) is 7.80. The minimum Gasteiger partial charge on any atom is -0.396 e. The Kier molecular flexibility index (Phi) is 5.69. The van der Waals surface area contributed by atoms with Crippen molar-refractivity contribution < 1.29 is 5.11 Å². The van der Waals surface area contributed by atoms with E-state index in [-0.39, 0.29) is 18.9 Å². The van der Waals surface area contributed by atoms with Crippen molar-refractivity contribution in [2.45, 2.75) is 25.1 Å². The highest BCUT2D eigenvalue weighted by Gasteiger charge is 2.14. The molecule has 0 aromatic carbocycles. The normalized spacial score (nSPS) is 14.8. The Morgan fingerprint density at radius 1 is 1.75 bits per heavy atom. The topological polar surface area (TPSA) is 67.9 Å². The lowest BCUT2D eigenvalue weighted by atomic mass is 9.98. The quantitative estimate of drug-likeness (QED) is 0.508. The van der Waals surface area contributed by atoms with Crippen molar-refractivity contribution in [2.75, 3.05) is 6.61 Å². The van der Waals surface area contributed by atoms with Gasteiger partial charge in [0.05, 0.1) is 12.7 Å². The van der Waals surface area contributed by atoms with E-state index >= 15 is 0 Å². The highest BCUT2D eigenvalue weighted by atomic mass is 35.5. The molecule has 0 rings (SSSR count). The minimum atomic E-state index is -0.641. The molecule has 0 amide bonds. The number of nitrogens with zero attached hydrogens (tertiary/aromatic N) is 1. The van der Waals surface area contributed by atoms with Gasteiger partial charge in [-0.05, 0) is 6.42 Å². The molecule has 4 heteroatoms. The number of aliphatic hydroxyl groups excluding tert-OH is 1. The van der Waals surface area contributed by atoms with E-state index < -0.39 is 5.38 Å². The summed E-state index contributed by atoms with van der Waals surface area (Å²) in [5.41, 5.74) is 0.363. The van der Waals surface area contributed by atoms with Crippen LogP contribution in [0.1, 0.15) is 19.8 Å². The van der Waals surface area contributed by atoms with E-state index in [1.165, 1.54) is 0 Å². The van der Waals surface area contributed by atoms with Gasteiger partial charge in [-0.25, -0.2) is 0 Å². The molecule has 0 heterocycles. The molecular weight excluding hydrogens is 176 g/mol. The molecule has 0 aliphatic rings. The van der Waals surface area contributed by atoms with E-state index in [1.807, 2.05) is 13.0 Å². The predicted octanol–water partition coefficient (Wildman–Crippen LogP) is 1.55. The van der Waals surface area contributed by atoms with Crippen LogP contribution in [-0.2, 0) is 0 Å². The molecule has 0 bridgehead atoms. The van der Waals surface area contributed by atoms with Crippen LogP contribution < -0.4 is 0 Å². The molecule has 0 saturated heterocycles. The summed E-state index contributed by atoms with van der Waals surface area (Å²) in [6.45, 7) is 1.86. The molecule has 0 aromatic rings. The Morgan fingerprint density at radius 3 is 2.67 bits per heavy atom. The third kappa shape index (κ3) is 3.70. The molecule has 0 fully saturated rings. The fourth-order valence-electron chi connectivity index (χ4n) is 0.891. The molecule has 0 radical (unpaired) electrons. The summed E-state index contributed by atoms with van der Waals surface area (Å²) in [5.74, 6) is -0.139. The van der Waals surface area contributed by atoms with Crippen LogP contribution in [0, 0.1) is 22.7 Å². The maximum atomic E-state index is 8.82. The van der Waals surface area contributed by atoms with Gasteiger partial charge in [0.25, 0.3) is 0 Å². The van der Waals surface area contributed by atoms with Gasteiger partial charge in [-0.1, -0.05) is 6.92 Å². The van der Waals surface area contributed by atoms with E-state index in [2.05, 4.69) is 0 Å². The number of aliphatic hydroxyl groups is 1. The second-order valence-corrected chi connectivity index (χ2v) is 3.14. The number of nitrogens with one attached hydrogen (secondary N) is 1. The van der Waals surface area contributed by atoms with Gasteiger partial charge >= 0.3 is 0 Å². The van der Waals surface area contributed by atoms with Crippen LogP contribution in [0.4, 0.5) is 0 Å². The lowest BCUT2D eigenvalue weighted by Gasteiger charge is -2.12. The predicted molar refractivity (Wildman–Crippen MR) is 48.5 cm³/mol. The fourth-order valence-corrected chi connectivity index (χ4v) is 1.06. The van der Waals surface area contributed by atoms with Crippen molar-refractivity contribution in [2.24, 2.45) is 5.92 Å². The highest BCUT2D eigenvalue weighted by molar-refractivity contribution is 6.23. The molecule has 0 aromatic heterocycles. The van der Waals surface area contributed by atoms with Crippen molar-refractivity contribution in [1.82, 2.24) is 0 Å². The van der Waals surface area contributed by atoms with Gasteiger partial charge in [0.1, 0.15) is 5.38 Å². The van der Waals surface area contributed by atoms with E-state index in [4.69, 9.17) is 27.4 Å². The highest BCUT2D eigenvalue weighted by Crippen LogP contribution is 2.10. The molecule has 0 spiro atoms. The number of nitriles is 1. The zero-order valence-electron chi connectivity index (χ0n) is 7.05. The van der Waals surface area contributed by atoms with Crippen molar-refractivity contribution in [3.63, 3.8) is 0 Å². The summed E-state index contributed by atoms with van der Waals surface area (Å²) in [6.07, 6.45) is 0.960. The smallest absolute Gasteiger partial charge is 0.125 e. The summed E-state index contributed by atoms with van der Waals surface area (Å²) in [5, 5.41) is 24.0. The summed E-state index contributed by atoms with van der Waals surface area (Å²) in [6, 6.07) is 1.84. The van der Waals surface area contributed by atoms with Gasteiger partial charge in [-0.3, -0.25) is 0 Å². The molecule has 3 nitrogen and oxygen atoms in total. The van der Waals surface area contributed by atoms with Crippen molar-refractivity contribution in [1.29, 1.82) is 10.7 Å². The molecule has 0 aliphatic heterocycles. The Bertz CT molecular complexity index is 184. The van der Waals surface area contributed by atoms with E-state index in [0.29, 0.717) is 12.1 Å². The first-order chi connectivity index (χ1) is 5.65. The molecule has 0 saturated carbocycles. The van der Waals surface area contributed by atoms with Crippen LogP contribution in [0.25, 0.3) is 0 Å². The van der Waals surface area contributed by atoms with Crippen LogP contribution in [0.2, 0.25) is 0 Å². The van der Waals surface area contributed by atoms with Crippen LogP contribution in [0.3, 0.4) is 0 Å². The molecule has 68 valence electrons. The van der Waals surface area contributed by atoms with Gasteiger partial charge in [-0.2, -0.15) is 5.26 Å². The lowest BCUT2D eigenvalue weighted by molar-refractivity contribution is 0.257. The van der Waals surface area contributed by atoms with E-state index in [9.17, 15) is 0 Å². The van der Waals surface area contributed by atoms with Gasteiger partial charge in [-0.15, -0.1) is 11.6 Å². The molecule has 2 atom stereocenters. The molecule has 2 unspecified atom stereocenters. The number of hydrogen-bond acceptors (Lipinski definition) is 3. The first kappa shape index (κ1) is 11.4. The van der Waals surface area contributed by atoms with Crippen LogP contribution in [-0.4, -0.2) is 22.8 Å². The van der Waals surface area contributed by atoms with Crippen LogP contribution in [0.15, 0.2) is 0 Å². The second kappa shape index (κ2) is 5.99. The SMILES string of the molecule is CCC(CO)C(=N)CC(Cl)C#N. The lowest BCUT2D eigenvalue weighted by Crippen LogP contribution is -2.19. The van der Waals surface area contributed by atoms with E-state index in [0.717, 1.165) is 0 Å². The second-order valence-electron chi connectivity index (χ2n) is 2.61. The fraction of sp³-hybridized carbons (Fsp3) is 0.750. The molecular formula is C8H13ClN2O. The summed E-state index contributed by atoms with van der Waals surface area (Å²) in [7, 11) is 0. The maximum absolute atomic E-state index is 8.82. The average molecular weight is 189 g/mol. The minimum absolute atomic E-state index is 0.0373. The van der Waals surface area contributed by atoms with Crippen LogP contribution in [0.5, 0.6) is 0 Å². The largest absolute Gasteiger partial charge is 0.396 e. The third-order valence-electron chi connectivity index (χ3n) is 1.75. The number of alkyl halides is 1. The molecule has 12 heavy (non-hydrogen) atoms. The van der Waals surface area contributed by atoms with Gasteiger partial charge in [0, 0.05) is 18.1 Å². The van der Waals surface area contributed by atoms with Crippen molar-refractivity contribution in [3.05, 3.63) is 0 Å². The Labute approximate surface area is 77.5 Å². The maximum Gasteiger partial charge on any atom is 0.125 e. The van der Waals surface area contributed by atoms with E-state index in [1.54, 1.807) is 0 Å². The first-order valence-corrected chi connectivity index (χ1v) is 4.31. The Morgan fingerprint density at radius 2 is 2.33 bits per heavy atom. The van der Waals surface area contributed by atoms with Crippen molar-refractivity contribution in [3.8, 4) is 6.07 Å². The average Bonchev–Trinajstić information content (AvgIpc) is 2.06. The van der Waals surface area contributed by atoms with Gasteiger partial charge in [0.15, 0.2) is 0 Å². The number of rotatable bonds is 5.